The minimum absolute atomic E-state index is 0.0312. The second-order valence-corrected chi connectivity index (χ2v) is 7.70. The van der Waals surface area contributed by atoms with E-state index in [1.54, 1.807) is 29.4 Å². The average molecular weight is 436 g/mol. The molecule has 0 saturated carbocycles. The number of nitrogens with zero attached hydrogens (tertiary/aromatic N) is 3. The Morgan fingerprint density at radius 2 is 1.84 bits per heavy atom. The summed E-state index contributed by atoms with van der Waals surface area (Å²) in [5, 5.41) is 3.32. The van der Waals surface area contributed by atoms with Crippen molar-refractivity contribution in [1.29, 1.82) is 0 Å². The molecular formula is C22H27F3N4O2. The SMILES string of the molecule is O=C(CCCN(CCCn1ccnc1)C(=O)C(F)(F)F)c1ccc2c(c1)CCNCC2. The molecule has 31 heavy (non-hydrogen) atoms. The van der Waals surface area contributed by atoms with Crippen molar-refractivity contribution in [3.8, 4) is 0 Å². The summed E-state index contributed by atoms with van der Waals surface area (Å²) in [4.78, 5) is 29.1. The fraction of sp³-hybridized carbons (Fsp3) is 0.500. The van der Waals surface area contributed by atoms with E-state index in [2.05, 4.69) is 10.3 Å². The summed E-state index contributed by atoms with van der Waals surface area (Å²) in [5.41, 5.74) is 2.94. The largest absolute Gasteiger partial charge is 0.471 e. The predicted octanol–water partition coefficient (Wildman–Crippen LogP) is 3.02. The van der Waals surface area contributed by atoms with Crippen molar-refractivity contribution < 1.29 is 22.8 Å². The second-order valence-electron chi connectivity index (χ2n) is 7.70. The summed E-state index contributed by atoms with van der Waals surface area (Å²) >= 11 is 0. The van der Waals surface area contributed by atoms with Crippen LogP contribution in [-0.2, 0) is 24.2 Å². The Morgan fingerprint density at radius 3 is 2.55 bits per heavy atom. The molecule has 1 aliphatic heterocycles. The molecule has 1 N–H and O–H groups in total. The molecule has 1 aromatic heterocycles. The topological polar surface area (TPSA) is 67.2 Å². The van der Waals surface area contributed by atoms with Crippen LogP contribution in [0.4, 0.5) is 13.2 Å². The van der Waals surface area contributed by atoms with E-state index >= 15 is 0 Å². The van der Waals surface area contributed by atoms with Gasteiger partial charge in [0.15, 0.2) is 5.78 Å². The number of amides is 1. The average Bonchev–Trinajstić information content (AvgIpc) is 3.14. The number of aromatic nitrogens is 2. The van der Waals surface area contributed by atoms with Crippen LogP contribution in [0, 0.1) is 0 Å². The lowest BCUT2D eigenvalue weighted by Gasteiger charge is -2.23. The lowest BCUT2D eigenvalue weighted by molar-refractivity contribution is -0.185. The highest BCUT2D eigenvalue weighted by atomic mass is 19.4. The first-order chi connectivity index (χ1) is 14.8. The number of benzene rings is 1. The summed E-state index contributed by atoms with van der Waals surface area (Å²) in [6.07, 6.45) is 2.36. The van der Waals surface area contributed by atoms with Crippen LogP contribution in [0.25, 0.3) is 0 Å². The molecule has 1 aliphatic rings. The predicted molar refractivity (Wildman–Crippen MR) is 110 cm³/mol. The van der Waals surface area contributed by atoms with Crippen molar-refractivity contribution in [2.24, 2.45) is 0 Å². The minimum Gasteiger partial charge on any atom is -0.337 e. The highest BCUT2D eigenvalue weighted by Crippen LogP contribution is 2.20. The fourth-order valence-electron chi connectivity index (χ4n) is 3.78. The summed E-state index contributed by atoms with van der Waals surface area (Å²) in [7, 11) is 0. The van der Waals surface area contributed by atoms with E-state index in [0.29, 0.717) is 18.5 Å². The van der Waals surface area contributed by atoms with E-state index in [4.69, 9.17) is 0 Å². The Morgan fingerprint density at radius 1 is 1.10 bits per heavy atom. The molecule has 0 atom stereocenters. The number of ketones is 1. The summed E-state index contributed by atoms with van der Waals surface area (Å²) in [6, 6.07) is 5.65. The summed E-state index contributed by atoms with van der Waals surface area (Å²) in [6.45, 7) is 2.09. The molecule has 1 amide bonds. The molecule has 0 saturated heterocycles. The van der Waals surface area contributed by atoms with Gasteiger partial charge in [-0.1, -0.05) is 12.1 Å². The number of Topliss-reactive ketones (excluding diaryl/α,β-unsaturated/α-hetero) is 1. The zero-order chi connectivity index (χ0) is 22.3. The number of carbonyl (C=O) groups excluding carboxylic acids is 2. The molecule has 3 rings (SSSR count). The van der Waals surface area contributed by atoms with Crippen LogP contribution in [0.2, 0.25) is 0 Å². The Kier molecular flexibility index (Phi) is 7.84. The summed E-state index contributed by atoms with van der Waals surface area (Å²) in [5.74, 6) is -1.97. The quantitative estimate of drug-likeness (QED) is 0.614. The van der Waals surface area contributed by atoms with E-state index in [1.165, 1.54) is 5.56 Å². The number of hydrogen-bond donors (Lipinski definition) is 1. The van der Waals surface area contributed by atoms with Crippen molar-refractivity contribution in [3.63, 3.8) is 0 Å². The first-order valence-corrected chi connectivity index (χ1v) is 10.5. The maximum Gasteiger partial charge on any atom is 0.471 e. The second kappa shape index (κ2) is 10.6. The van der Waals surface area contributed by atoms with Gasteiger partial charge in [0.05, 0.1) is 6.33 Å². The smallest absolute Gasteiger partial charge is 0.337 e. The molecule has 0 radical (unpaired) electrons. The van der Waals surface area contributed by atoms with Crippen molar-refractivity contribution in [2.75, 3.05) is 26.2 Å². The van der Waals surface area contributed by atoms with Gasteiger partial charge in [0, 0.05) is 44.0 Å². The Hall–Kier alpha value is -2.68. The monoisotopic (exact) mass is 436 g/mol. The molecule has 168 valence electrons. The van der Waals surface area contributed by atoms with E-state index < -0.39 is 12.1 Å². The third-order valence-electron chi connectivity index (χ3n) is 5.44. The normalized spacial score (nSPS) is 14.0. The number of nitrogens with one attached hydrogen (secondary N) is 1. The fourth-order valence-corrected chi connectivity index (χ4v) is 3.78. The first-order valence-electron chi connectivity index (χ1n) is 10.5. The Balaban J connectivity index is 1.54. The van der Waals surface area contributed by atoms with E-state index in [9.17, 15) is 22.8 Å². The van der Waals surface area contributed by atoms with Gasteiger partial charge in [0.1, 0.15) is 0 Å². The van der Waals surface area contributed by atoms with Gasteiger partial charge in [-0.05, 0) is 56.0 Å². The highest BCUT2D eigenvalue weighted by Gasteiger charge is 2.42. The van der Waals surface area contributed by atoms with E-state index in [0.717, 1.165) is 36.4 Å². The third-order valence-corrected chi connectivity index (χ3v) is 5.44. The minimum atomic E-state index is -4.93. The van der Waals surface area contributed by atoms with E-state index in [-0.39, 0.29) is 31.7 Å². The molecule has 0 fully saturated rings. The third kappa shape index (κ3) is 6.65. The van der Waals surface area contributed by atoms with Crippen LogP contribution in [-0.4, -0.2) is 58.5 Å². The van der Waals surface area contributed by atoms with Gasteiger partial charge in [-0.25, -0.2) is 4.98 Å². The van der Waals surface area contributed by atoms with Gasteiger partial charge in [-0.15, -0.1) is 0 Å². The Labute approximate surface area is 179 Å². The number of imidazole rings is 1. The van der Waals surface area contributed by atoms with Gasteiger partial charge in [0.2, 0.25) is 0 Å². The van der Waals surface area contributed by atoms with Gasteiger partial charge >= 0.3 is 12.1 Å². The molecule has 2 aromatic rings. The van der Waals surface area contributed by atoms with Crippen molar-refractivity contribution in [2.45, 2.75) is 44.8 Å². The maximum absolute atomic E-state index is 13.0. The van der Waals surface area contributed by atoms with Crippen LogP contribution in [0.15, 0.2) is 36.9 Å². The number of aryl methyl sites for hydroxylation is 1. The van der Waals surface area contributed by atoms with Crippen molar-refractivity contribution in [1.82, 2.24) is 19.8 Å². The lowest BCUT2D eigenvalue weighted by Crippen LogP contribution is -2.42. The van der Waals surface area contributed by atoms with Crippen LogP contribution in [0.3, 0.4) is 0 Å². The van der Waals surface area contributed by atoms with Gasteiger partial charge in [0.25, 0.3) is 0 Å². The number of fused-ring (bicyclic) bond motifs is 1. The number of rotatable bonds is 9. The lowest BCUT2D eigenvalue weighted by atomic mass is 9.97. The number of alkyl halides is 3. The maximum atomic E-state index is 13.0. The first kappa shape index (κ1) is 23.0. The Bertz CT molecular complexity index is 881. The molecule has 0 spiro atoms. The van der Waals surface area contributed by atoms with Crippen molar-refractivity contribution >= 4 is 11.7 Å². The zero-order valence-corrected chi connectivity index (χ0v) is 17.3. The van der Waals surface area contributed by atoms with Crippen LogP contribution in [0.5, 0.6) is 0 Å². The van der Waals surface area contributed by atoms with Crippen LogP contribution in [0.1, 0.15) is 40.7 Å². The number of hydrogen-bond acceptors (Lipinski definition) is 4. The molecule has 9 heteroatoms. The molecule has 6 nitrogen and oxygen atoms in total. The molecule has 1 aromatic carbocycles. The van der Waals surface area contributed by atoms with Gasteiger partial charge in [-0.2, -0.15) is 13.2 Å². The molecule has 2 heterocycles. The van der Waals surface area contributed by atoms with Crippen LogP contribution >= 0.6 is 0 Å². The number of carbonyl (C=O) groups is 2. The van der Waals surface area contributed by atoms with Crippen molar-refractivity contribution in [3.05, 3.63) is 53.6 Å². The molecule has 0 unspecified atom stereocenters. The zero-order valence-electron chi connectivity index (χ0n) is 17.3. The molecule has 0 bridgehead atoms. The van der Waals surface area contributed by atoms with Crippen LogP contribution < -0.4 is 5.32 Å². The standard InChI is InChI=1S/C22H27F3N4O2/c23-22(24,25)21(31)29(13-2-11-28-14-10-27-16-28)12-1-3-20(30)19-5-4-17-6-8-26-9-7-18(17)15-19/h4-5,10,14-16,26H,1-3,6-9,11-13H2. The van der Waals surface area contributed by atoms with E-state index in [1.807, 2.05) is 12.1 Å². The van der Waals surface area contributed by atoms with Gasteiger partial charge in [-0.3, -0.25) is 9.59 Å². The highest BCUT2D eigenvalue weighted by molar-refractivity contribution is 5.96. The molecular weight excluding hydrogens is 409 g/mol. The molecule has 0 aliphatic carbocycles. The summed E-state index contributed by atoms with van der Waals surface area (Å²) < 4.78 is 40.6. The number of halogens is 3. The van der Waals surface area contributed by atoms with Gasteiger partial charge < -0.3 is 14.8 Å².